The van der Waals surface area contributed by atoms with E-state index >= 15 is 0 Å². The van der Waals surface area contributed by atoms with E-state index in [1.54, 1.807) is 6.07 Å². The number of aromatic nitrogens is 4. The molecular weight excluding hydrogens is 278 g/mol. The summed E-state index contributed by atoms with van der Waals surface area (Å²) in [5.74, 6) is 1.68. The van der Waals surface area contributed by atoms with Crippen molar-refractivity contribution in [1.82, 2.24) is 25.1 Å². The lowest BCUT2D eigenvalue weighted by atomic mass is 10.2. The maximum absolute atomic E-state index is 12.3. The van der Waals surface area contributed by atoms with Crippen LogP contribution in [0.2, 0.25) is 0 Å². The summed E-state index contributed by atoms with van der Waals surface area (Å²) < 4.78 is 2.15. The van der Waals surface area contributed by atoms with E-state index in [-0.39, 0.29) is 11.9 Å². The molecule has 116 valence electrons. The quantitative estimate of drug-likeness (QED) is 0.943. The average Bonchev–Trinajstić information content (AvgIpc) is 2.76. The van der Waals surface area contributed by atoms with Crippen molar-refractivity contribution in [3.8, 4) is 0 Å². The predicted octanol–water partition coefficient (Wildman–Crippen LogP) is 2.20. The molecule has 22 heavy (non-hydrogen) atoms. The molecule has 3 heterocycles. The number of hydrogen-bond acceptors (Lipinski definition) is 4. The zero-order valence-electron chi connectivity index (χ0n) is 13.0. The van der Waals surface area contributed by atoms with Gasteiger partial charge in [-0.25, -0.2) is 4.98 Å². The molecule has 1 atom stereocenters. The van der Waals surface area contributed by atoms with E-state index in [9.17, 15) is 4.79 Å². The molecule has 1 N–H and O–H groups in total. The first-order valence-electron chi connectivity index (χ1n) is 7.81. The molecule has 2 aromatic rings. The van der Waals surface area contributed by atoms with Crippen molar-refractivity contribution in [3.05, 3.63) is 41.2 Å². The molecule has 0 fully saturated rings. The van der Waals surface area contributed by atoms with Crippen LogP contribution >= 0.6 is 0 Å². The fourth-order valence-corrected chi connectivity index (χ4v) is 2.83. The summed E-state index contributed by atoms with van der Waals surface area (Å²) in [5, 5.41) is 11.5. The highest BCUT2D eigenvalue weighted by Gasteiger charge is 2.21. The van der Waals surface area contributed by atoms with Gasteiger partial charge in [0.15, 0.2) is 5.82 Å². The number of carbonyl (C=O) groups excluding carboxylic acids is 1. The van der Waals surface area contributed by atoms with Gasteiger partial charge in [0.2, 0.25) is 0 Å². The Kier molecular flexibility index (Phi) is 4.18. The zero-order chi connectivity index (χ0) is 15.5. The summed E-state index contributed by atoms with van der Waals surface area (Å²) in [6.07, 6.45) is 4.48. The third-order valence-corrected chi connectivity index (χ3v) is 3.99. The van der Waals surface area contributed by atoms with E-state index in [1.165, 1.54) is 6.42 Å². The monoisotopic (exact) mass is 299 g/mol. The summed E-state index contributed by atoms with van der Waals surface area (Å²) in [6, 6.07) is 5.25. The molecule has 0 aromatic carbocycles. The molecule has 6 heteroatoms. The van der Waals surface area contributed by atoms with Crippen molar-refractivity contribution in [2.24, 2.45) is 0 Å². The van der Waals surface area contributed by atoms with Gasteiger partial charge in [-0.05, 0) is 38.8 Å². The topological polar surface area (TPSA) is 72.7 Å². The first-order valence-corrected chi connectivity index (χ1v) is 7.81. The number of fused-ring (bicyclic) bond motifs is 1. The Morgan fingerprint density at radius 2 is 2.14 bits per heavy atom. The Labute approximate surface area is 130 Å². The van der Waals surface area contributed by atoms with Gasteiger partial charge >= 0.3 is 0 Å². The second-order valence-corrected chi connectivity index (χ2v) is 5.80. The van der Waals surface area contributed by atoms with Crippen LogP contribution in [0.15, 0.2) is 18.2 Å². The summed E-state index contributed by atoms with van der Waals surface area (Å²) in [7, 11) is 0. The van der Waals surface area contributed by atoms with Crippen molar-refractivity contribution in [3.63, 3.8) is 0 Å². The standard InChI is InChI=1S/C16H21N5O/c1-11-7-6-8-13(17-11)16(22)18-12(2)15-20-19-14-9-4-3-5-10-21(14)15/h6-8,12H,3-5,9-10H2,1-2H3,(H,18,22)/t12-/m0/s1. The van der Waals surface area contributed by atoms with E-state index < -0.39 is 0 Å². The van der Waals surface area contributed by atoms with Crippen LogP contribution in [0.25, 0.3) is 0 Å². The third-order valence-electron chi connectivity index (χ3n) is 3.99. The van der Waals surface area contributed by atoms with Gasteiger partial charge in [-0.2, -0.15) is 0 Å². The molecule has 3 rings (SSSR count). The number of nitrogens with zero attached hydrogens (tertiary/aromatic N) is 4. The lowest BCUT2D eigenvalue weighted by molar-refractivity contribution is 0.0932. The molecule has 1 amide bonds. The first-order chi connectivity index (χ1) is 10.6. The number of pyridine rings is 1. The normalized spacial score (nSPS) is 15.7. The smallest absolute Gasteiger partial charge is 0.270 e. The minimum absolute atomic E-state index is 0.179. The van der Waals surface area contributed by atoms with Crippen LogP contribution in [0.4, 0.5) is 0 Å². The maximum Gasteiger partial charge on any atom is 0.270 e. The Hall–Kier alpha value is -2.24. The highest BCUT2D eigenvalue weighted by Crippen LogP contribution is 2.18. The fraction of sp³-hybridized carbons (Fsp3) is 0.500. The lowest BCUT2D eigenvalue weighted by Crippen LogP contribution is -2.29. The molecule has 0 bridgehead atoms. The van der Waals surface area contributed by atoms with Crippen molar-refractivity contribution in [2.75, 3.05) is 0 Å². The number of nitrogens with one attached hydrogen (secondary N) is 1. The van der Waals surface area contributed by atoms with Crippen LogP contribution in [0.3, 0.4) is 0 Å². The lowest BCUT2D eigenvalue weighted by Gasteiger charge is -2.15. The number of aryl methyl sites for hydroxylation is 2. The van der Waals surface area contributed by atoms with E-state index in [0.29, 0.717) is 5.69 Å². The van der Waals surface area contributed by atoms with Crippen LogP contribution in [0.5, 0.6) is 0 Å². The van der Waals surface area contributed by atoms with Crippen LogP contribution in [-0.2, 0) is 13.0 Å². The number of rotatable bonds is 3. The molecule has 0 saturated heterocycles. The second kappa shape index (κ2) is 6.25. The van der Waals surface area contributed by atoms with Crippen molar-refractivity contribution in [1.29, 1.82) is 0 Å². The molecule has 6 nitrogen and oxygen atoms in total. The molecule has 0 saturated carbocycles. The molecule has 0 spiro atoms. The first kappa shape index (κ1) is 14.7. The molecule has 0 aliphatic carbocycles. The summed E-state index contributed by atoms with van der Waals surface area (Å²) in [6.45, 7) is 4.75. The Bertz CT molecular complexity index is 679. The van der Waals surface area contributed by atoms with Gasteiger partial charge in [-0.1, -0.05) is 12.5 Å². The van der Waals surface area contributed by atoms with Crippen LogP contribution < -0.4 is 5.32 Å². The number of carbonyl (C=O) groups is 1. The van der Waals surface area contributed by atoms with E-state index in [0.717, 1.165) is 43.1 Å². The van der Waals surface area contributed by atoms with Crippen molar-refractivity contribution in [2.45, 2.75) is 52.1 Å². The van der Waals surface area contributed by atoms with Gasteiger partial charge in [0.25, 0.3) is 5.91 Å². The van der Waals surface area contributed by atoms with Crippen LogP contribution in [0.1, 0.15) is 60.1 Å². The Morgan fingerprint density at radius 3 is 2.95 bits per heavy atom. The molecule has 1 aliphatic heterocycles. The van der Waals surface area contributed by atoms with Crippen molar-refractivity contribution < 1.29 is 4.79 Å². The van der Waals surface area contributed by atoms with Gasteiger partial charge in [-0.3, -0.25) is 4.79 Å². The zero-order valence-corrected chi connectivity index (χ0v) is 13.0. The SMILES string of the molecule is Cc1cccc(C(=O)N[C@@H](C)c2nnc3n2CCCCC3)n1. The fourth-order valence-electron chi connectivity index (χ4n) is 2.83. The Balaban J connectivity index is 1.76. The average molecular weight is 299 g/mol. The van der Waals surface area contributed by atoms with Gasteiger partial charge in [0, 0.05) is 18.7 Å². The predicted molar refractivity (Wildman–Crippen MR) is 82.4 cm³/mol. The highest BCUT2D eigenvalue weighted by atomic mass is 16.1. The van der Waals surface area contributed by atoms with Crippen LogP contribution in [-0.4, -0.2) is 25.7 Å². The van der Waals surface area contributed by atoms with Gasteiger partial charge in [0.05, 0.1) is 6.04 Å². The Morgan fingerprint density at radius 1 is 1.27 bits per heavy atom. The molecular formula is C16H21N5O. The second-order valence-electron chi connectivity index (χ2n) is 5.80. The largest absolute Gasteiger partial charge is 0.341 e. The van der Waals surface area contributed by atoms with Crippen LogP contribution in [0, 0.1) is 6.92 Å². The molecule has 0 unspecified atom stereocenters. The van der Waals surface area contributed by atoms with E-state index in [4.69, 9.17) is 0 Å². The van der Waals surface area contributed by atoms with Gasteiger partial charge in [-0.15, -0.1) is 10.2 Å². The number of amides is 1. The highest BCUT2D eigenvalue weighted by molar-refractivity contribution is 5.92. The number of hydrogen-bond donors (Lipinski definition) is 1. The third kappa shape index (κ3) is 3.00. The van der Waals surface area contributed by atoms with Gasteiger partial charge < -0.3 is 9.88 Å². The maximum atomic E-state index is 12.3. The minimum Gasteiger partial charge on any atom is -0.341 e. The summed E-state index contributed by atoms with van der Waals surface area (Å²) >= 11 is 0. The summed E-state index contributed by atoms with van der Waals surface area (Å²) in [5.41, 5.74) is 1.26. The minimum atomic E-state index is -0.186. The molecule has 2 aromatic heterocycles. The summed E-state index contributed by atoms with van der Waals surface area (Å²) in [4.78, 5) is 16.6. The van der Waals surface area contributed by atoms with Gasteiger partial charge in [0.1, 0.15) is 11.5 Å². The molecule has 0 radical (unpaired) electrons. The molecule has 1 aliphatic rings. The van der Waals surface area contributed by atoms with Crippen molar-refractivity contribution >= 4 is 5.91 Å². The van der Waals surface area contributed by atoms with E-state index in [1.807, 2.05) is 26.0 Å². The van der Waals surface area contributed by atoms with E-state index in [2.05, 4.69) is 25.1 Å².